The molecule has 32 heavy (non-hydrogen) atoms. The number of carbonyl (C=O) groups excluding carboxylic acids is 2. The Morgan fingerprint density at radius 3 is 2.75 bits per heavy atom. The highest BCUT2D eigenvalue weighted by molar-refractivity contribution is 6.31. The Labute approximate surface area is 191 Å². The van der Waals surface area contributed by atoms with E-state index in [-0.39, 0.29) is 35.8 Å². The van der Waals surface area contributed by atoms with E-state index in [1.807, 2.05) is 19.9 Å². The number of phenols is 1. The van der Waals surface area contributed by atoms with Crippen LogP contribution in [-0.4, -0.2) is 46.8 Å². The van der Waals surface area contributed by atoms with Crippen molar-refractivity contribution in [2.45, 2.75) is 32.7 Å². The molecule has 1 heterocycles. The Morgan fingerprint density at radius 2 is 2.00 bits per heavy atom. The minimum Gasteiger partial charge on any atom is -0.506 e. The van der Waals surface area contributed by atoms with Gasteiger partial charge in [-0.05, 0) is 57.0 Å². The summed E-state index contributed by atoms with van der Waals surface area (Å²) in [7, 11) is 0. The number of hydrazone groups is 1. The Kier molecular flexibility index (Phi) is 7.48. The highest BCUT2D eigenvalue weighted by Gasteiger charge is 2.34. The number of rotatable bonds is 6. The summed E-state index contributed by atoms with van der Waals surface area (Å²) in [5.74, 6) is -0.964. The van der Waals surface area contributed by atoms with Gasteiger partial charge in [0.1, 0.15) is 5.75 Å². The summed E-state index contributed by atoms with van der Waals surface area (Å²) >= 11 is 5.97. The lowest BCUT2D eigenvalue weighted by Gasteiger charge is -2.37. The topological polar surface area (TPSA) is 118 Å². The smallest absolute Gasteiger partial charge is 0.256 e. The minimum atomic E-state index is -0.425. The van der Waals surface area contributed by atoms with Crippen molar-refractivity contribution in [2.75, 3.05) is 17.3 Å². The van der Waals surface area contributed by atoms with E-state index in [0.717, 1.165) is 11.8 Å². The lowest BCUT2D eigenvalue weighted by molar-refractivity contribution is -0.121. The van der Waals surface area contributed by atoms with Gasteiger partial charge >= 0.3 is 0 Å². The molecule has 0 radical (unpaired) electrons. The van der Waals surface area contributed by atoms with E-state index in [1.54, 1.807) is 17.0 Å². The number of phenolic OH excluding ortho intramolecular Hbond substituents is 1. The summed E-state index contributed by atoms with van der Waals surface area (Å²) in [5.41, 5.74) is 4.95. The number of aryl methyl sites for hydroxylation is 1. The fraction of sp³-hybridized carbons (Fsp3) is 0.304. The zero-order valence-electron chi connectivity index (χ0n) is 17.9. The molecular weight excluding hydrogens is 430 g/mol. The van der Waals surface area contributed by atoms with Gasteiger partial charge in [0.05, 0.1) is 29.1 Å². The highest BCUT2D eigenvalue weighted by atomic mass is 35.5. The first-order valence-corrected chi connectivity index (χ1v) is 10.7. The summed E-state index contributed by atoms with van der Waals surface area (Å²) in [5, 5.41) is 24.1. The molecule has 1 saturated heterocycles. The average molecular weight is 456 g/mol. The molecule has 1 unspecified atom stereocenters. The summed E-state index contributed by atoms with van der Waals surface area (Å²) < 4.78 is 0. The molecule has 2 atom stereocenters. The predicted molar refractivity (Wildman–Crippen MR) is 127 cm³/mol. The van der Waals surface area contributed by atoms with Gasteiger partial charge in [-0.2, -0.15) is 5.10 Å². The molecule has 1 aliphatic heterocycles. The fourth-order valence-electron chi connectivity index (χ4n) is 3.68. The summed E-state index contributed by atoms with van der Waals surface area (Å²) in [4.78, 5) is 28.0. The summed E-state index contributed by atoms with van der Waals surface area (Å²) in [6.45, 7) is 4.12. The molecular formula is C23H26ClN5O3. The summed E-state index contributed by atoms with van der Waals surface area (Å²) in [6.07, 6.45) is 3.62. The first kappa shape index (κ1) is 23.3. The minimum absolute atomic E-state index is 0.0374. The standard InChI is InChI=1S/C23H26ClN5O3/c1-14-3-7-19(28-26-10-9-25)18(11-14)23(32)29-13-16(5-4-15(29)2)22(31)27-20-12-17(24)6-8-21(20)30/h3,6-12,15-16,25,28,30H,4-5,13H2,1-2H3,(H,27,31)/b25-9?,26-10-/t15-,16?/m1/s1. The first-order valence-electron chi connectivity index (χ1n) is 10.3. The van der Waals surface area contributed by atoms with Crippen LogP contribution in [0, 0.1) is 18.3 Å². The number of halogens is 1. The van der Waals surface area contributed by atoms with Crippen molar-refractivity contribution in [3.63, 3.8) is 0 Å². The van der Waals surface area contributed by atoms with E-state index in [9.17, 15) is 14.7 Å². The van der Waals surface area contributed by atoms with Crippen LogP contribution in [0.15, 0.2) is 41.5 Å². The second-order valence-electron chi connectivity index (χ2n) is 7.84. The Bertz CT molecular complexity index is 1060. The zero-order chi connectivity index (χ0) is 23.3. The Hall–Kier alpha value is -3.39. The van der Waals surface area contributed by atoms with Gasteiger partial charge in [-0.15, -0.1) is 0 Å². The molecule has 2 amide bonds. The van der Waals surface area contributed by atoms with Gasteiger partial charge in [-0.25, -0.2) is 0 Å². The number of nitrogens with one attached hydrogen (secondary N) is 3. The number of hydrogen-bond acceptors (Lipinski definition) is 6. The molecule has 0 aliphatic carbocycles. The zero-order valence-corrected chi connectivity index (χ0v) is 18.7. The van der Waals surface area contributed by atoms with Crippen LogP contribution in [0.25, 0.3) is 0 Å². The first-order chi connectivity index (χ1) is 15.3. The van der Waals surface area contributed by atoms with E-state index in [1.165, 1.54) is 24.4 Å². The van der Waals surface area contributed by atoms with Crippen LogP contribution in [0.2, 0.25) is 5.02 Å². The third-order valence-electron chi connectivity index (χ3n) is 5.47. The molecule has 1 fully saturated rings. The molecule has 0 bridgehead atoms. The van der Waals surface area contributed by atoms with E-state index >= 15 is 0 Å². The van der Waals surface area contributed by atoms with Crippen LogP contribution < -0.4 is 10.7 Å². The molecule has 0 saturated carbocycles. The van der Waals surface area contributed by atoms with Crippen molar-refractivity contribution in [3.8, 4) is 5.75 Å². The molecule has 4 N–H and O–H groups in total. The van der Waals surface area contributed by atoms with Crippen molar-refractivity contribution in [1.29, 1.82) is 5.41 Å². The molecule has 0 spiro atoms. The number of piperidine rings is 1. The monoisotopic (exact) mass is 455 g/mol. The average Bonchev–Trinajstić information content (AvgIpc) is 2.77. The van der Waals surface area contributed by atoms with Gasteiger partial charge < -0.3 is 20.7 Å². The van der Waals surface area contributed by atoms with E-state index in [4.69, 9.17) is 17.0 Å². The van der Waals surface area contributed by atoms with Gasteiger partial charge in [0, 0.05) is 23.8 Å². The van der Waals surface area contributed by atoms with E-state index < -0.39 is 5.92 Å². The molecule has 9 heteroatoms. The second-order valence-corrected chi connectivity index (χ2v) is 8.27. The van der Waals surface area contributed by atoms with Crippen LogP contribution in [0.4, 0.5) is 11.4 Å². The van der Waals surface area contributed by atoms with Crippen molar-refractivity contribution in [2.24, 2.45) is 11.0 Å². The van der Waals surface area contributed by atoms with Gasteiger partial charge in [-0.1, -0.05) is 23.2 Å². The number of carbonyl (C=O) groups is 2. The maximum atomic E-state index is 13.4. The van der Waals surface area contributed by atoms with Crippen molar-refractivity contribution in [1.82, 2.24) is 4.90 Å². The number of benzene rings is 2. The fourth-order valence-corrected chi connectivity index (χ4v) is 3.85. The number of anilines is 2. The van der Waals surface area contributed by atoms with Crippen molar-refractivity contribution >= 4 is 47.2 Å². The van der Waals surface area contributed by atoms with E-state index in [0.29, 0.717) is 29.1 Å². The predicted octanol–water partition coefficient (Wildman–Crippen LogP) is 4.28. The SMILES string of the molecule is Cc1ccc(N/N=C\C=N)c(C(=O)N2CC(C(=O)Nc3cc(Cl)ccc3O)CC[C@H]2C)c1. The van der Waals surface area contributed by atoms with Gasteiger partial charge in [0.15, 0.2) is 0 Å². The highest BCUT2D eigenvalue weighted by Crippen LogP contribution is 2.30. The maximum absolute atomic E-state index is 13.4. The van der Waals surface area contributed by atoms with Crippen LogP contribution in [-0.2, 0) is 4.79 Å². The summed E-state index contributed by atoms with van der Waals surface area (Å²) in [6, 6.07) is 9.83. The number of hydrogen-bond donors (Lipinski definition) is 4. The quantitative estimate of drug-likeness (QED) is 0.295. The maximum Gasteiger partial charge on any atom is 0.256 e. The number of aromatic hydroxyl groups is 1. The third kappa shape index (κ3) is 5.45. The largest absolute Gasteiger partial charge is 0.506 e. The van der Waals surface area contributed by atoms with Crippen LogP contribution in [0.1, 0.15) is 35.7 Å². The molecule has 2 aromatic carbocycles. The van der Waals surface area contributed by atoms with Crippen LogP contribution in [0.5, 0.6) is 5.75 Å². The molecule has 3 rings (SSSR count). The van der Waals surface area contributed by atoms with Crippen molar-refractivity contribution in [3.05, 3.63) is 52.5 Å². The van der Waals surface area contributed by atoms with Crippen molar-refractivity contribution < 1.29 is 14.7 Å². The molecule has 8 nitrogen and oxygen atoms in total. The Morgan fingerprint density at radius 1 is 1.22 bits per heavy atom. The number of nitrogens with zero attached hydrogens (tertiary/aromatic N) is 2. The molecule has 168 valence electrons. The lowest BCUT2D eigenvalue weighted by Crippen LogP contribution is -2.48. The van der Waals surface area contributed by atoms with Gasteiger partial charge in [0.2, 0.25) is 5.91 Å². The van der Waals surface area contributed by atoms with Gasteiger partial charge in [-0.3, -0.25) is 15.0 Å². The normalized spacial score (nSPS) is 18.4. The van der Waals surface area contributed by atoms with Gasteiger partial charge in [0.25, 0.3) is 5.91 Å². The number of amides is 2. The molecule has 1 aliphatic rings. The lowest BCUT2D eigenvalue weighted by atomic mass is 9.91. The Balaban J connectivity index is 1.79. The number of likely N-dealkylation sites (tertiary alicyclic amines) is 1. The van der Waals surface area contributed by atoms with Crippen LogP contribution >= 0.6 is 11.6 Å². The van der Waals surface area contributed by atoms with E-state index in [2.05, 4.69) is 15.8 Å². The third-order valence-corrected chi connectivity index (χ3v) is 5.70. The molecule has 2 aromatic rings. The van der Waals surface area contributed by atoms with Crippen LogP contribution in [0.3, 0.4) is 0 Å². The second kappa shape index (κ2) is 10.3. The molecule has 0 aromatic heterocycles.